The van der Waals surface area contributed by atoms with Crippen LogP contribution in [0.3, 0.4) is 0 Å². The number of carbonyl (C=O) groups is 1. The fraction of sp³-hybridized carbons (Fsp3) is 0.346. The fourth-order valence-electron chi connectivity index (χ4n) is 4.71. The van der Waals surface area contributed by atoms with Gasteiger partial charge in [0.25, 0.3) is 11.5 Å². The SMILES string of the molecule is CCCn1c(C(=O)Nc2ccc(N3CCCC(OC)C3)cc2)cc2c(=O)n3ccccc3nc21. The van der Waals surface area contributed by atoms with Crippen LogP contribution < -0.4 is 15.8 Å². The summed E-state index contributed by atoms with van der Waals surface area (Å²) >= 11 is 0. The molecule has 0 radical (unpaired) electrons. The molecule has 4 aromatic rings. The highest BCUT2D eigenvalue weighted by Crippen LogP contribution is 2.24. The van der Waals surface area contributed by atoms with Crippen LogP contribution in [-0.2, 0) is 11.3 Å². The Morgan fingerprint density at radius 2 is 2.03 bits per heavy atom. The zero-order valence-corrected chi connectivity index (χ0v) is 19.5. The fourth-order valence-corrected chi connectivity index (χ4v) is 4.71. The van der Waals surface area contributed by atoms with Crippen LogP contribution in [0.5, 0.6) is 0 Å². The molecule has 8 nitrogen and oxygen atoms in total. The molecule has 4 heterocycles. The number of amides is 1. The molecule has 1 amide bonds. The van der Waals surface area contributed by atoms with Crippen molar-refractivity contribution in [2.75, 3.05) is 30.4 Å². The Morgan fingerprint density at radius 1 is 1.21 bits per heavy atom. The van der Waals surface area contributed by atoms with E-state index < -0.39 is 0 Å². The standard InChI is InChI=1S/C26H29N5O3/c1-3-13-30-22(16-21-24(30)28-23-8-4-5-15-31(23)26(21)33)25(32)27-18-9-11-19(12-10-18)29-14-6-7-20(17-29)34-2/h4-5,8-12,15-16,20H,3,6-7,13-14,17H2,1-2H3,(H,27,32). The molecule has 0 saturated carbocycles. The Morgan fingerprint density at radius 3 is 2.79 bits per heavy atom. The summed E-state index contributed by atoms with van der Waals surface area (Å²) in [6.45, 7) is 4.50. The minimum absolute atomic E-state index is 0.176. The van der Waals surface area contributed by atoms with Gasteiger partial charge in [-0.3, -0.25) is 14.0 Å². The van der Waals surface area contributed by atoms with E-state index in [4.69, 9.17) is 4.74 Å². The maximum absolute atomic E-state index is 13.3. The normalized spacial score (nSPS) is 16.3. The summed E-state index contributed by atoms with van der Waals surface area (Å²) in [4.78, 5) is 33.3. The lowest BCUT2D eigenvalue weighted by Gasteiger charge is -2.33. The second kappa shape index (κ2) is 9.30. The first-order valence-corrected chi connectivity index (χ1v) is 11.8. The number of methoxy groups -OCH3 is 1. The molecule has 1 unspecified atom stereocenters. The Kier molecular flexibility index (Phi) is 6.06. The number of pyridine rings is 1. The number of hydrogen-bond donors (Lipinski definition) is 1. The lowest BCUT2D eigenvalue weighted by Crippen LogP contribution is -2.39. The second-order valence-corrected chi connectivity index (χ2v) is 8.71. The molecule has 34 heavy (non-hydrogen) atoms. The first kappa shape index (κ1) is 22.2. The molecule has 0 bridgehead atoms. The van der Waals surface area contributed by atoms with E-state index in [1.165, 1.54) is 4.40 Å². The zero-order chi connectivity index (χ0) is 23.7. The van der Waals surface area contributed by atoms with E-state index in [-0.39, 0.29) is 17.6 Å². The number of piperidine rings is 1. The van der Waals surface area contributed by atoms with Gasteiger partial charge < -0.3 is 19.5 Å². The van der Waals surface area contributed by atoms with Crippen molar-refractivity contribution in [3.8, 4) is 0 Å². The van der Waals surface area contributed by atoms with Gasteiger partial charge >= 0.3 is 0 Å². The van der Waals surface area contributed by atoms with Crippen molar-refractivity contribution in [2.45, 2.75) is 38.8 Å². The number of nitrogens with one attached hydrogen (secondary N) is 1. The third kappa shape index (κ3) is 4.05. The number of fused-ring (bicyclic) bond motifs is 2. The van der Waals surface area contributed by atoms with Crippen LogP contribution in [0.2, 0.25) is 0 Å². The van der Waals surface area contributed by atoms with E-state index in [9.17, 15) is 9.59 Å². The lowest BCUT2D eigenvalue weighted by atomic mass is 10.1. The first-order chi connectivity index (χ1) is 16.6. The maximum atomic E-state index is 13.3. The molecule has 1 saturated heterocycles. The van der Waals surface area contributed by atoms with Crippen molar-refractivity contribution in [3.05, 3.63) is 70.8 Å². The molecule has 1 aliphatic rings. The molecule has 1 aliphatic heterocycles. The summed E-state index contributed by atoms with van der Waals surface area (Å²) in [7, 11) is 1.76. The molecule has 3 aromatic heterocycles. The smallest absolute Gasteiger partial charge is 0.272 e. The third-order valence-corrected chi connectivity index (χ3v) is 6.46. The van der Waals surface area contributed by atoms with E-state index in [1.54, 1.807) is 31.5 Å². The van der Waals surface area contributed by atoms with Crippen molar-refractivity contribution >= 4 is 34.0 Å². The summed E-state index contributed by atoms with van der Waals surface area (Å²) < 4.78 is 8.87. The minimum Gasteiger partial charge on any atom is -0.380 e. The summed E-state index contributed by atoms with van der Waals surface area (Å²) in [5, 5.41) is 3.43. The number of aryl methyl sites for hydroxylation is 1. The summed E-state index contributed by atoms with van der Waals surface area (Å²) in [5.41, 5.74) is 3.17. The van der Waals surface area contributed by atoms with Crippen molar-refractivity contribution in [3.63, 3.8) is 0 Å². The van der Waals surface area contributed by atoms with Gasteiger partial charge in [0.05, 0.1) is 11.5 Å². The topological polar surface area (TPSA) is 80.9 Å². The number of ether oxygens (including phenoxy) is 1. The first-order valence-electron chi connectivity index (χ1n) is 11.8. The van der Waals surface area contributed by atoms with Crippen LogP contribution in [0.25, 0.3) is 16.7 Å². The van der Waals surface area contributed by atoms with Gasteiger partial charge in [-0.2, -0.15) is 0 Å². The Hall–Kier alpha value is -3.65. The van der Waals surface area contributed by atoms with Gasteiger partial charge in [0.2, 0.25) is 0 Å². The van der Waals surface area contributed by atoms with Crippen molar-refractivity contribution < 1.29 is 9.53 Å². The lowest BCUT2D eigenvalue weighted by molar-refractivity contribution is 0.0893. The van der Waals surface area contributed by atoms with Crippen molar-refractivity contribution in [2.24, 2.45) is 0 Å². The van der Waals surface area contributed by atoms with Gasteiger partial charge in [-0.05, 0) is 61.7 Å². The van der Waals surface area contributed by atoms with E-state index in [0.717, 1.165) is 38.0 Å². The van der Waals surface area contributed by atoms with E-state index in [0.29, 0.717) is 34.6 Å². The zero-order valence-electron chi connectivity index (χ0n) is 19.5. The minimum atomic E-state index is -0.259. The second-order valence-electron chi connectivity index (χ2n) is 8.71. The number of carbonyl (C=O) groups excluding carboxylic acids is 1. The third-order valence-electron chi connectivity index (χ3n) is 6.46. The molecule has 1 N–H and O–H groups in total. The van der Waals surface area contributed by atoms with Crippen LogP contribution in [0, 0.1) is 0 Å². The maximum Gasteiger partial charge on any atom is 0.272 e. The van der Waals surface area contributed by atoms with Crippen molar-refractivity contribution in [1.82, 2.24) is 14.0 Å². The molecule has 0 aliphatic carbocycles. The largest absolute Gasteiger partial charge is 0.380 e. The van der Waals surface area contributed by atoms with Gasteiger partial charge in [-0.25, -0.2) is 4.98 Å². The summed E-state index contributed by atoms with van der Waals surface area (Å²) in [6, 6.07) is 15.0. The highest BCUT2D eigenvalue weighted by atomic mass is 16.5. The summed E-state index contributed by atoms with van der Waals surface area (Å²) in [5.74, 6) is -0.259. The Balaban J connectivity index is 1.43. The molecule has 1 fully saturated rings. The molecule has 0 spiro atoms. The predicted octanol–water partition coefficient (Wildman–Crippen LogP) is 3.93. The van der Waals surface area contributed by atoms with E-state index >= 15 is 0 Å². The molecule has 5 rings (SSSR count). The monoisotopic (exact) mass is 459 g/mol. The van der Waals surface area contributed by atoms with Crippen LogP contribution in [0.4, 0.5) is 11.4 Å². The Bertz CT molecular complexity index is 1390. The van der Waals surface area contributed by atoms with Crippen LogP contribution >= 0.6 is 0 Å². The highest BCUT2D eigenvalue weighted by molar-refractivity contribution is 6.06. The summed E-state index contributed by atoms with van der Waals surface area (Å²) in [6.07, 6.45) is 4.94. The van der Waals surface area contributed by atoms with Gasteiger partial charge in [-0.15, -0.1) is 0 Å². The number of rotatable bonds is 6. The molecule has 1 aromatic carbocycles. The molecule has 8 heteroatoms. The van der Waals surface area contributed by atoms with Crippen LogP contribution in [0.1, 0.15) is 36.7 Å². The van der Waals surface area contributed by atoms with Crippen LogP contribution in [-0.4, -0.2) is 46.2 Å². The van der Waals surface area contributed by atoms with Gasteiger partial charge in [0, 0.05) is 44.3 Å². The van der Waals surface area contributed by atoms with Gasteiger partial charge in [0.1, 0.15) is 17.0 Å². The average molecular weight is 460 g/mol. The number of benzene rings is 1. The van der Waals surface area contributed by atoms with Gasteiger partial charge in [-0.1, -0.05) is 13.0 Å². The van der Waals surface area contributed by atoms with Crippen LogP contribution in [0.15, 0.2) is 59.5 Å². The number of hydrogen-bond acceptors (Lipinski definition) is 5. The Labute approximate surface area is 197 Å². The average Bonchev–Trinajstić information content (AvgIpc) is 3.23. The van der Waals surface area contributed by atoms with Gasteiger partial charge in [0.15, 0.2) is 0 Å². The van der Waals surface area contributed by atoms with E-state index in [2.05, 4.69) is 15.2 Å². The number of anilines is 2. The number of nitrogens with zero attached hydrogens (tertiary/aromatic N) is 4. The molecule has 1 atom stereocenters. The quantitative estimate of drug-likeness (QED) is 0.473. The number of aromatic nitrogens is 3. The molecular formula is C26H29N5O3. The predicted molar refractivity (Wildman–Crippen MR) is 134 cm³/mol. The van der Waals surface area contributed by atoms with Crippen molar-refractivity contribution in [1.29, 1.82) is 0 Å². The van der Waals surface area contributed by atoms with E-state index in [1.807, 2.05) is 41.8 Å². The molecular weight excluding hydrogens is 430 g/mol. The molecule has 176 valence electrons. The highest BCUT2D eigenvalue weighted by Gasteiger charge is 2.21.